The maximum absolute atomic E-state index is 12.7. The number of nitrogens with one attached hydrogen (secondary N) is 1. The molecule has 244 valence electrons. The fourth-order valence-electron chi connectivity index (χ4n) is 7.20. The van der Waals surface area contributed by atoms with Crippen LogP contribution < -0.4 is 14.4 Å². The number of aromatic nitrogens is 4. The van der Waals surface area contributed by atoms with E-state index in [9.17, 15) is 10.1 Å². The van der Waals surface area contributed by atoms with Crippen molar-refractivity contribution in [3.05, 3.63) is 47.1 Å². The summed E-state index contributed by atoms with van der Waals surface area (Å²) in [4.78, 5) is 28.7. The predicted octanol–water partition coefficient (Wildman–Crippen LogP) is 4.28. The van der Waals surface area contributed by atoms with Gasteiger partial charge in [0.1, 0.15) is 23.8 Å². The Hall–Kier alpha value is -4.44. The van der Waals surface area contributed by atoms with E-state index in [-0.39, 0.29) is 36.6 Å². The predicted molar refractivity (Wildman–Crippen MR) is 179 cm³/mol. The van der Waals surface area contributed by atoms with Gasteiger partial charge in [0, 0.05) is 56.3 Å². The number of hydrogen-bond donors (Lipinski definition) is 1. The van der Waals surface area contributed by atoms with Crippen LogP contribution >= 0.6 is 11.6 Å². The van der Waals surface area contributed by atoms with Crippen LogP contribution in [-0.2, 0) is 16.0 Å². The third kappa shape index (κ3) is 5.52. The highest BCUT2D eigenvalue weighted by atomic mass is 35.5. The third-order valence-corrected chi connectivity index (χ3v) is 9.97. The number of aromatic amines is 1. The molecule has 0 aliphatic carbocycles. The lowest BCUT2D eigenvalue weighted by Gasteiger charge is -2.41. The lowest BCUT2D eigenvalue weighted by atomic mass is 9.90. The highest BCUT2D eigenvalue weighted by Crippen LogP contribution is 2.48. The van der Waals surface area contributed by atoms with Gasteiger partial charge in [-0.3, -0.25) is 14.8 Å². The Morgan fingerprint density at radius 2 is 2.09 bits per heavy atom. The van der Waals surface area contributed by atoms with Gasteiger partial charge in [0.2, 0.25) is 5.91 Å². The van der Waals surface area contributed by atoms with Gasteiger partial charge >= 0.3 is 6.01 Å². The minimum atomic E-state index is -0.341. The first-order valence-corrected chi connectivity index (χ1v) is 16.2. The lowest BCUT2D eigenvalue weighted by molar-refractivity contribution is -0.128. The Balaban J connectivity index is 1.44. The van der Waals surface area contributed by atoms with Crippen molar-refractivity contribution >= 4 is 45.1 Å². The first-order valence-electron chi connectivity index (χ1n) is 15.9. The Morgan fingerprint density at radius 3 is 2.87 bits per heavy atom. The molecule has 2 saturated heterocycles. The van der Waals surface area contributed by atoms with Crippen molar-refractivity contribution in [3.63, 3.8) is 0 Å². The Kier molecular flexibility index (Phi) is 8.38. The molecule has 3 aliphatic rings. The second kappa shape index (κ2) is 12.6. The van der Waals surface area contributed by atoms with Crippen LogP contribution in [0, 0.1) is 18.3 Å². The van der Waals surface area contributed by atoms with Crippen molar-refractivity contribution in [1.29, 1.82) is 5.26 Å². The van der Waals surface area contributed by atoms with Gasteiger partial charge < -0.3 is 24.0 Å². The number of amides is 1. The molecule has 2 fully saturated rings. The molecule has 1 N–H and O–H groups in total. The van der Waals surface area contributed by atoms with Crippen molar-refractivity contribution in [3.8, 4) is 29.0 Å². The normalized spacial score (nSPS) is 21.5. The second-order valence-corrected chi connectivity index (χ2v) is 12.8. The number of nitriles is 1. The van der Waals surface area contributed by atoms with Crippen LogP contribution in [0.5, 0.6) is 11.8 Å². The van der Waals surface area contributed by atoms with Gasteiger partial charge in [-0.15, -0.1) is 0 Å². The second-order valence-electron chi connectivity index (χ2n) is 12.5. The highest BCUT2D eigenvalue weighted by Gasteiger charge is 2.36. The molecule has 0 radical (unpaired) electrons. The van der Waals surface area contributed by atoms with Gasteiger partial charge in [0.15, 0.2) is 0 Å². The number of likely N-dealkylation sites (tertiary alicyclic amines) is 1. The van der Waals surface area contributed by atoms with E-state index in [1.807, 2.05) is 20.0 Å². The van der Waals surface area contributed by atoms with Gasteiger partial charge in [0.05, 0.1) is 52.8 Å². The zero-order valence-corrected chi connectivity index (χ0v) is 27.5. The minimum absolute atomic E-state index is 0.140. The molecule has 0 spiro atoms. The highest BCUT2D eigenvalue weighted by molar-refractivity contribution is 6.36. The number of anilines is 1. The van der Waals surface area contributed by atoms with Gasteiger partial charge in [-0.1, -0.05) is 18.2 Å². The number of benzene rings is 2. The summed E-state index contributed by atoms with van der Waals surface area (Å²) in [5.74, 6) is 1.17. The van der Waals surface area contributed by atoms with Crippen LogP contribution in [0.25, 0.3) is 32.9 Å². The fraction of sp³-hybridized carbons (Fsp3) is 0.441. The summed E-state index contributed by atoms with van der Waals surface area (Å²) in [5, 5.41) is 19.4. The van der Waals surface area contributed by atoms with Crippen LogP contribution in [-0.4, -0.2) is 108 Å². The summed E-state index contributed by atoms with van der Waals surface area (Å²) in [5.41, 5.74) is 5.32. The van der Waals surface area contributed by atoms with E-state index in [2.05, 4.69) is 38.7 Å². The van der Waals surface area contributed by atoms with E-state index < -0.39 is 0 Å². The molecule has 1 amide bonds. The van der Waals surface area contributed by atoms with E-state index >= 15 is 0 Å². The van der Waals surface area contributed by atoms with Crippen molar-refractivity contribution in [1.82, 2.24) is 30.0 Å². The van der Waals surface area contributed by atoms with Crippen LogP contribution in [0.2, 0.25) is 5.02 Å². The van der Waals surface area contributed by atoms with Crippen molar-refractivity contribution in [2.75, 3.05) is 58.4 Å². The van der Waals surface area contributed by atoms with Crippen LogP contribution in [0.3, 0.4) is 0 Å². The monoisotopic (exact) mass is 656 g/mol. The number of likely N-dealkylation sites (N-methyl/N-ethyl adjacent to an activating group) is 1. The molecule has 5 heterocycles. The maximum Gasteiger partial charge on any atom is 0.319 e. The van der Waals surface area contributed by atoms with Crippen LogP contribution in [0.4, 0.5) is 5.82 Å². The molecule has 2 aromatic heterocycles. The summed E-state index contributed by atoms with van der Waals surface area (Å²) < 4.78 is 18.7. The number of aryl methyl sites for hydroxylation is 1. The number of piperazine rings is 1. The number of ether oxygens (including phenoxy) is 3. The lowest BCUT2D eigenvalue weighted by Crippen LogP contribution is -2.55. The van der Waals surface area contributed by atoms with Crippen LogP contribution in [0.1, 0.15) is 24.0 Å². The van der Waals surface area contributed by atoms with Crippen molar-refractivity contribution in [2.24, 2.45) is 0 Å². The Bertz CT molecular complexity index is 1920. The zero-order valence-electron chi connectivity index (χ0n) is 26.8. The summed E-state index contributed by atoms with van der Waals surface area (Å²) in [7, 11) is 3.71. The molecule has 0 unspecified atom stereocenters. The number of carbonyl (C=O) groups excluding carboxylic acids is 1. The number of halogens is 1. The quantitative estimate of drug-likeness (QED) is 0.287. The molecule has 3 aliphatic heterocycles. The molecule has 0 saturated carbocycles. The standard InChI is InChI=1S/C34H37ClN8O4/c1-5-28(44)43-11-10-42(16-20(43)8-9-36)33-30-25(38-34(39-33)47-27-18-41(3)17-26(27)45-4)14-22(21-7-6-12-46-32(21)30)29-23-15-37-40-24(23)13-19(2)31(29)35/h5,13-15,20,26-27H,1,6-8,10-12,16-18H2,2-4H3,(H,37,40)/t20-,26-,27-/m0/s1. The summed E-state index contributed by atoms with van der Waals surface area (Å²) in [6.07, 6.45) is 4.50. The Morgan fingerprint density at radius 1 is 1.26 bits per heavy atom. The van der Waals surface area contributed by atoms with E-state index in [0.29, 0.717) is 49.1 Å². The zero-order chi connectivity index (χ0) is 32.8. The van der Waals surface area contributed by atoms with Gasteiger partial charge in [0.25, 0.3) is 0 Å². The molecule has 47 heavy (non-hydrogen) atoms. The van der Waals surface area contributed by atoms with Crippen molar-refractivity contribution in [2.45, 2.75) is 44.4 Å². The molecule has 13 heteroatoms. The maximum atomic E-state index is 12.7. The number of rotatable bonds is 7. The summed E-state index contributed by atoms with van der Waals surface area (Å²) in [6, 6.07) is 6.20. The molecular weight excluding hydrogens is 620 g/mol. The first-order chi connectivity index (χ1) is 22.8. The van der Waals surface area contributed by atoms with E-state index in [1.165, 1.54) is 6.08 Å². The molecule has 12 nitrogen and oxygen atoms in total. The Labute approximate surface area is 277 Å². The van der Waals surface area contributed by atoms with E-state index in [1.54, 1.807) is 18.2 Å². The van der Waals surface area contributed by atoms with E-state index in [0.717, 1.165) is 63.7 Å². The van der Waals surface area contributed by atoms with Crippen molar-refractivity contribution < 1.29 is 19.0 Å². The molecule has 3 atom stereocenters. The third-order valence-electron chi connectivity index (χ3n) is 9.48. The van der Waals surface area contributed by atoms with Gasteiger partial charge in [-0.05, 0) is 56.1 Å². The SMILES string of the molecule is C=CC(=O)N1CCN(c2nc(O[C@H]3CN(C)C[C@@H]3OC)nc3cc(-c4c(Cl)c(C)cc5[nH]ncc45)c4c(c23)OCCC4)C[C@@H]1CC#N. The van der Waals surface area contributed by atoms with Gasteiger partial charge in [-0.25, -0.2) is 0 Å². The largest absolute Gasteiger partial charge is 0.492 e. The summed E-state index contributed by atoms with van der Waals surface area (Å²) in [6.45, 7) is 8.91. The number of fused-ring (bicyclic) bond motifs is 4. The molecule has 7 rings (SSSR count). The smallest absolute Gasteiger partial charge is 0.319 e. The minimum Gasteiger partial charge on any atom is -0.492 e. The fourth-order valence-corrected chi connectivity index (χ4v) is 7.46. The number of methoxy groups -OCH3 is 1. The molecule has 4 aromatic rings. The first kappa shape index (κ1) is 31.2. The van der Waals surface area contributed by atoms with E-state index in [4.69, 9.17) is 35.8 Å². The topological polar surface area (TPSA) is 133 Å². The molecule has 2 aromatic carbocycles. The molecule has 0 bridgehead atoms. The number of nitrogens with zero attached hydrogens (tertiary/aromatic N) is 7. The average molecular weight is 657 g/mol. The number of hydrogen-bond acceptors (Lipinski definition) is 10. The van der Waals surface area contributed by atoms with Gasteiger partial charge in [-0.2, -0.15) is 20.3 Å². The number of carbonyl (C=O) groups is 1. The molecular formula is C34H37ClN8O4. The summed E-state index contributed by atoms with van der Waals surface area (Å²) >= 11 is 7.07. The van der Waals surface area contributed by atoms with Crippen LogP contribution in [0.15, 0.2) is 31.0 Å². The average Bonchev–Trinajstić information content (AvgIpc) is 3.69. The number of H-pyrrole nitrogens is 1.